The molecule has 0 aromatic rings. The van der Waals surface area contributed by atoms with E-state index in [1.54, 1.807) is 0 Å². The molecule has 0 saturated carbocycles. The maximum Gasteiger partial charge on any atom is 0.331 e. The first kappa shape index (κ1) is 12.2. The topological polar surface area (TPSA) is 95.6 Å². The lowest BCUT2D eigenvalue weighted by atomic mass is 9.89. The van der Waals surface area contributed by atoms with Crippen LogP contribution in [-0.4, -0.2) is 42.2 Å². The second kappa shape index (κ2) is 3.92. The van der Waals surface area contributed by atoms with Crippen LogP contribution in [0.3, 0.4) is 0 Å². The molecule has 1 fully saturated rings. The second-order valence-corrected chi connectivity index (χ2v) is 3.95. The van der Waals surface area contributed by atoms with Crippen LogP contribution in [0.25, 0.3) is 0 Å². The Morgan fingerprint density at radius 2 is 1.94 bits per heavy atom. The van der Waals surface area contributed by atoms with Crippen molar-refractivity contribution in [1.29, 1.82) is 0 Å². The minimum atomic E-state index is -1.33. The van der Waals surface area contributed by atoms with Gasteiger partial charge in [0, 0.05) is 7.05 Å². The molecule has 0 bridgehead atoms. The van der Waals surface area contributed by atoms with Gasteiger partial charge in [0.1, 0.15) is 12.0 Å². The number of likely N-dealkylation sites (N-methyl/N-ethyl adjacent to an activating group) is 1. The third-order valence-electron chi connectivity index (χ3n) is 2.39. The highest BCUT2D eigenvalue weighted by Gasteiger charge is 2.47. The fourth-order valence-corrected chi connectivity index (χ4v) is 1.21. The first-order valence-corrected chi connectivity index (χ1v) is 4.68. The number of imide groups is 2. The number of barbiturate groups is 1. The molecule has 5 amide bonds. The Labute approximate surface area is 92.2 Å². The van der Waals surface area contributed by atoms with E-state index in [1.807, 2.05) is 5.32 Å². The highest BCUT2D eigenvalue weighted by Crippen LogP contribution is 2.22. The van der Waals surface area contributed by atoms with Gasteiger partial charge in [-0.05, 0) is 13.8 Å². The van der Waals surface area contributed by atoms with Gasteiger partial charge in [-0.25, -0.2) is 4.79 Å². The monoisotopic (exact) mass is 227 g/mol. The molecule has 0 aliphatic carbocycles. The molecule has 7 heteroatoms. The Balaban J connectivity index is 2.93. The van der Waals surface area contributed by atoms with Crippen molar-refractivity contribution in [3.63, 3.8) is 0 Å². The van der Waals surface area contributed by atoms with Gasteiger partial charge in [0.2, 0.25) is 17.7 Å². The van der Waals surface area contributed by atoms with Crippen LogP contribution in [0.4, 0.5) is 4.79 Å². The molecule has 1 aliphatic heterocycles. The molecule has 0 spiro atoms. The summed E-state index contributed by atoms with van der Waals surface area (Å²) in [6.07, 6.45) is 0. The van der Waals surface area contributed by atoms with E-state index in [0.29, 0.717) is 0 Å². The second-order valence-electron chi connectivity index (χ2n) is 3.95. The normalized spacial score (nSPS) is 19.4. The summed E-state index contributed by atoms with van der Waals surface area (Å²) in [6.45, 7) is 2.40. The number of nitrogens with zero attached hydrogens (tertiary/aromatic N) is 1. The molecule has 1 heterocycles. The molecule has 2 N–H and O–H groups in total. The number of amides is 5. The number of nitrogens with one attached hydrogen (secondary N) is 2. The van der Waals surface area contributed by atoms with Gasteiger partial charge in [0.05, 0.1) is 0 Å². The molecule has 7 nitrogen and oxygen atoms in total. The van der Waals surface area contributed by atoms with Crippen molar-refractivity contribution in [2.75, 3.05) is 13.6 Å². The standard InChI is InChI=1S/C9H13N3O4/c1-9(2)6(14)11-8(16)12(7(9)15)4-5(13)10-3/h4H2,1-3H3,(H,10,13)(H,11,14,16). The van der Waals surface area contributed by atoms with Crippen LogP contribution in [-0.2, 0) is 14.4 Å². The zero-order chi connectivity index (χ0) is 12.5. The Hall–Kier alpha value is -1.92. The maximum absolute atomic E-state index is 11.8. The van der Waals surface area contributed by atoms with E-state index in [0.717, 1.165) is 4.90 Å². The smallest absolute Gasteiger partial charge is 0.331 e. The van der Waals surface area contributed by atoms with Crippen molar-refractivity contribution in [3.8, 4) is 0 Å². The molecule has 16 heavy (non-hydrogen) atoms. The van der Waals surface area contributed by atoms with Gasteiger partial charge in [-0.1, -0.05) is 0 Å². The van der Waals surface area contributed by atoms with Crippen molar-refractivity contribution in [3.05, 3.63) is 0 Å². The molecule has 1 aliphatic rings. The summed E-state index contributed by atoms with van der Waals surface area (Å²) < 4.78 is 0. The number of carbonyl (C=O) groups excluding carboxylic acids is 4. The predicted molar refractivity (Wildman–Crippen MR) is 53.1 cm³/mol. The molecule has 0 atom stereocenters. The third-order valence-corrected chi connectivity index (χ3v) is 2.39. The van der Waals surface area contributed by atoms with Crippen molar-refractivity contribution in [1.82, 2.24) is 15.5 Å². The average Bonchev–Trinajstić information content (AvgIpc) is 2.22. The van der Waals surface area contributed by atoms with Crippen LogP contribution >= 0.6 is 0 Å². The van der Waals surface area contributed by atoms with Crippen LogP contribution in [0.5, 0.6) is 0 Å². The van der Waals surface area contributed by atoms with Gasteiger partial charge < -0.3 is 5.32 Å². The van der Waals surface area contributed by atoms with E-state index in [9.17, 15) is 19.2 Å². The first-order valence-electron chi connectivity index (χ1n) is 4.68. The molecular weight excluding hydrogens is 214 g/mol. The summed E-state index contributed by atoms with van der Waals surface area (Å²) >= 11 is 0. The summed E-state index contributed by atoms with van der Waals surface area (Å²) in [7, 11) is 1.39. The zero-order valence-corrected chi connectivity index (χ0v) is 9.29. The maximum atomic E-state index is 11.8. The Morgan fingerprint density at radius 3 is 2.44 bits per heavy atom. The van der Waals surface area contributed by atoms with Gasteiger partial charge in [-0.15, -0.1) is 0 Å². The van der Waals surface area contributed by atoms with E-state index in [2.05, 4.69) is 5.32 Å². The van der Waals surface area contributed by atoms with Gasteiger partial charge in [-0.3, -0.25) is 24.6 Å². The van der Waals surface area contributed by atoms with Crippen LogP contribution in [0.2, 0.25) is 0 Å². The Morgan fingerprint density at radius 1 is 1.38 bits per heavy atom. The average molecular weight is 227 g/mol. The Kier molecular flexibility index (Phi) is 2.97. The lowest BCUT2D eigenvalue weighted by molar-refractivity contribution is -0.150. The SMILES string of the molecule is CNC(=O)CN1C(=O)NC(=O)C(C)(C)C1=O. The molecular formula is C9H13N3O4. The van der Waals surface area contributed by atoms with Crippen LogP contribution in [0.1, 0.15) is 13.8 Å². The van der Waals surface area contributed by atoms with Crippen LogP contribution < -0.4 is 10.6 Å². The zero-order valence-electron chi connectivity index (χ0n) is 9.29. The van der Waals surface area contributed by atoms with E-state index in [4.69, 9.17) is 0 Å². The minimum absolute atomic E-state index is 0.391. The number of rotatable bonds is 2. The van der Waals surface area contributed by atoms with Gasteiger partial charge in [0.15, 0.2) is 0 Å². The predicted octanol–water partition coefficient (Wildman–Crippen LogP) is -1.16. The third kappa shape index (κ3) is 1.88. The quantitative estimate of drug-likeness (QED) is 0.581. The number of urea groups is 1. The summed E-state index contributed by atoms with van der Waals surface area (Å²) in [5.74, 6) is -1.81. The minimum Gasteiger partial charge on any atom is -0.358 e. The van der Waals surface area contributed by atoms with Gasteiger partial charge in [0.25, 0.3) is 0 Å². The molecule has 0 aromatic heterocycles. The van der Waals surface area contributed by atoms with Crippen LogP contribution in [0.15, 0.2) is 0 Å². The first-order chi connectivity index (χ1) is 7.30. The summed E-state index contributed by atoms with van der Waals surface area (Å²) in [4.78, 5) is 46.3. The highest BCUT2D eigenvalue weighted by atomic mass is 16.2. The Bertz CT molecular complexity index is 375. The van der Waals surface area contributed by atoms with Gasteiger partial charge in [-0.2, -0.15) is 0 Å². The lowest BCUT2D eigenvalue weighted by Gasteiger charge is -2.33. The van der Waals surface area contributed by atoms with Crippen molar-refractivity contribution in [2.45, 2.75) is 13.8 Å². The summed E-state index contributed by atoms with van der Waals surface area (Å²) in [5, 5.41) is 4.32. The number of hydrogen-bond acceptors (Lipinski definition) is 4. The lowest BCUT2D eigenvalue weighted by Crippen LogP contribution is -2.63. The fraction of sp³-hybridized carbons (Fsp3) is 0.556. The van der Waals surface area contributed by atoms with Crippen molar-refractivity contribution in [2.24, 2.45) is 5.41 Å². The van der Waals surface area contributed by atoms with Crippen molar-refractivity contribution >= 4 is 23.8 Å². The van der Waals surface area contributed by atoms with E-state index < -0.39 is 35.7 Å². The molecule has 1 saturated heterocycles. The largest absolute Gasteiger partial charge is 0.358 e. The van der Waals surface area contributed by atoms with Gasteiger partial charge >= 0.3 is 6.03 Å². The number of hydrogen-bond donors (Lipinski definition) is 2. The van der Waals surface area contributed by atoms with E-state index >= 15 is 0 Å². The summed E-state index contributed by atoms with van der Waals surface area (Å²) in [6, 6.07) is -0.863. The molecule has 1 rings (SSSR count). The van der Waals surface area contributed by atoms with Crippen molar-refractivity contribution < 1.29 is 19.2 Å². The fourth-order valence-electron chi connectivity index (χ4n) is 1.21. The van der Waals surface area contributed by atoms with E-state index in [-0.39, 0.29) is 0 Å². The number of carbonyl (C=O) groups is 4. The molecule has 0 radical (unpaired) electrons. The highest BCUT2D eigenvalue weighted by molar-refractivity contribution is 6.19. The molecule has 0 aromatic carbocycles. The molecule has 0 unspecified atom stereocenters. The van der Waals surface area contributed by atoms with Crippen LogP contribution in [0, 0.1) is 5.41 Å². The molecule has 88 valence electrons. The summed E-state index contributed by atoms with van der Waals surface area (Å²) in [5.41, 5.74) is -1.33. The van der Waals surface area contributed by atoms with E-state index in [1.165, 1.54) is 20.9 Å².